The molecule has 1 aromatic carbocycles. The van der Waals surface area contributed by atoms with Crippen LogP contribution in [0.25, 0.3) is 0 Å². The number of nitrogens with one attached hydrogen (secondary N) is 1. The van der Waals surface area contributed by atoms with E-state index in [-0.39, 0.29) is 5.91 Å². The fourth-order valence-corrected chi connectivity index (χ4v) is 2.86. The first-order chi connectivity index (χ1) is 8.61. The lowest BCUT2D eigenvalue weighted by atomic mass is 10.1. The molecule has 1 rings (SSSR count). The molecule has 4 heteroatoms. The van der Waals surface area contributed by atoms with Gasteiger partial charge in [-0.05, 0) is 38.0 Å². The van der Waals surface area contributed by atoms with E-state index in [0.717, 1.165) is 24.3 Å². The highest BCUT2D eigenvalue weighted by atomic mass is 32.2. The van der Waals surface area contributed by atoms with Gasteiger partial charge >= 0.3 is 0 Å². The summed E-state index contributed by atoms with van der Waals surface area (Å²) in [6.45, 7) is 4.26. The highest BCUT2D eigenvalue weighted by Gasteiger charge is 1.99. The fourth-order valence-electron chi connectivity index (χ4n) is 1.90. The van der Waals surface area contributed by atoms with Crippen LogP contribution >= 0.6 is 11.8 Å². The third kappa shape index (κ3) is 6.07. The third-order valence-electron chi connectivity index (χ3n) is 2.65. The summed E-state index contributed by atoms with van der Waals surface area (Å²) in [6, 6.07) is 6.67. The molecule has 0 aliphatic heterocycles. The quantitative estimate of drug-likeness (QED) is 0.345. The van der Waals surface area contributed by atoms with Gasteiger partial charge in [-0.3, -0.25) is 10.2 Å². The first-order valence-electron chi connectivity index (χ1n) is 6.26. The van der Waals surface area contributed by atoms with Crippen molar-refractivity contribution in [2.45, 2.75) is 38.9 Å². The van der Waals surface area contributed by atoms with E-state index in [1.165, 1.54) is 16.7 Å². The van der Waals surface area contributed by atoms with Gasteiger partial charge in [-0.2, -0.15) is 11.8 Å². The number of aryl methyl sites for hydroxylation is 2. The van der Waals surface area contributed by atoms with Crippen LogP contribution in [0.1, 0.15) is 36.0 Å². The van der Waals surface area contributed by atoms with Gasteiger partial charge in [-0.25, -0.2) is 5.84 Å². The zero-order valence-corrected chi connectivity index (χ0v) is 12.0. The van der Waals surface area contributed by atoms with Gasteiger partial charge in [-0.15, -0.1) is 0 Å². The molecule has 0 spiro atoms. The summed E-state index contributed by atoms with van der Waals surface area (Å²) in [7, 11) is 0. The van der Waals surface area contributed by atoms with Crippen molar-refractivity contribution >= 4 is 17.7 Å². The van der Waals surface area contributed by atoms with Gasteiger partial charge in [-0.1, -0.05) is 29.3 Å². The van der Waals surface area contributed by atoms with Crippen LogP contribution in [0.2, 0.25) is 0 Å². The maximum absolute atomic E-state index is 10.9. The van der Waals surface area contributed by atoms with Crippen molar-refractivity contribution in [2.75, 3.05) is 5.75 Å². The van der Waals surface area contributed by atoms with Crippen LogP contribution in [-0.4, -0.2) is 11.7 Å². The summed E-state index contributed by atoms with van der Waals surface area (Å²) in [5.74, 6) is 7.07. The van der Waals surface area contributed by atoms with Gasteiger partial charge in [0, 0.05) is 12.2 Å². The number of unbranched alkanes of at least 4 members (excludes halogenated alkanes) is 1. The molecule has 0 aliphatic carbocycles. The van der Waals surface area contributed by atoms with Gasteiger partial charge < -0.3 is 0 Å². The predicted octanol–water partition coefficient (Wildman–Crippen LogP) is 2.70. The minimum atomic E-state index is -0.0747. The maximum Gasteiger partial charge on any atom is 0.233 e. The summed E-state index contributed by atoms with van der Waals surface area (Å²) < 4.78 is 0. The van der Waals surface area contributed by atoms with Crippen LogP contribution in [0.15, 0.2) is 18.2 Å². The lowest BCUT2D eigenvalue weighted by Crippen LogP contribution is -2.29. The van der Waals surface area contributed by atoms with Gasteiger partial charge in [0.05, 0.1) is 0 Å². The first kappa shape index (κ1) is 15.1. The Hall–Kier alpha value is -1.00. The minimum absolute atomic E-state index is 0.0747. The number of nitrogens with two attached hydrogens (primary N) is 1. The monoisotopic (exact) mass is 266 g/mol. The van der Waals surface area contributed by atoms with Gasteiger partial charge in [0.15, 0.2) is 0 Å². The summed E-state index contributed by atoms with van der Waals surface area (Å²) in [6.07, 6.45) is 2.49. The highest BCUT2D eigenvalue weighted by molar-refractivity contribution is 7.98. The molecule has 1 amide bonds. The molecule has 0 heterocycles. The normalized spacial score (nSPS) is 10.4. The first-order valence-corrected chi connectivity index (χ1v) is 7.41. The average Bonchev–Trinajstić information content (AvgIpc) is 2.32. The molecule has 3 N–H and O–H groups in total. The van der Waals surface area contributed by atoms with Crippen molar-refractivity contribution in [3.63, 3.8) is 0 Å². The SMILES string of the molecule is Cc1cc(C)cc(CSCCCCC(=O)NN)c1. The summed E-state index contributed by atoms with van der Waals surface area (Å²) in [4.78, 5) is 10.9. The number of thioether (sulfide) groups is 1. The van der Waals surface area contributed by atoms with Gasteiger partial charge in [0.2, 0.25) is 5.91 Å². The van der Waals surface area contributed by atoms with E-state index < -0.39 is 0 Å². The van der Waals surface area contributed by atoms with E-state index in [1.54, 1.807) is 0 Å². The van der Waals surface area contributed by atoms with Crippen LogP contribution in [0.3, 0.4) is 0 Å². The maximum atomic E-state index is 10.9. The van der Waals surface area contributed by atoms with E-state index in [1.807, 2.05) is 11.8 Å². The second kappa shape index (κ2) is 8.16. The minimum Gasteiger partial charge on any atom is -0.294 e. The molecule has 0 aromatic heterocycles. The zero-order valence-electron chi connectivity index (χ0n) is 11.2. The van der Waals surface area contributed by atoms with Crippen LogP contribution in [0.5, 0.6) is 0 Å². The molecule has 0 unspecified atom stereocenters. The Morgan fingerprint density at radius 3 is 2.50 bits per heavy atom. The van der Waals surface area contributed by atoms with Gasteiger partial charge in [0.25, 0.3) is 0 Å². The predicted molar refractivity (Wildman–Crippen MR) is 78.3 cm³/mol. The van der Waals surface area contributed by atoms with Crippen LogP contribution in [-0.2, 0) is 10.5 Å². The number of benzene rings is 1. The Morgan fingerprint density at radius 1 is 1.22 bits per heavy atom. The third-order valence-corrected chi connectivity index (χ3v) is 3.77. The number of carbonyl (C=O) groups excluding carboxylic acids is 1. The highest BCUT2D eigenvalue weighted by Crippen LogP contribution is 2.17. The van der Waals surface area contributed by atoms with E-state index >= 15 is 0 Å². The van der Waals surface area contributed by atoms with Crippen molar-refractivity contribution in [1.82, 2.24) is 5.43 Å². The Labute approximate surface area is 113 Å². The Kier molecular flexibility index (Phi) is 6.83. The number of hydrogen-bond acceptors (Lipinski definition) is 3. The largest absolute Gasteiger partial charge is 0.294 e. The fraction of sp³-hybridized carbons (Fsp3) is 0.500. The molecule has 3 nitrogen and oxygen atoms in total. The number of hydrogen-bond donors (Lipinski definition) is 2. The van der Waals surface area contributed by atoms with Crippen molar-refractivity contribution in [1.29, 1.82) is 0 Å². The molecule has 0 aliphatic rings. The van der Waals surface area contributed by atoms with Crippen molar-refractivity contribution in [2.24, 2.45) is 5.84 Å². The molecule has 1 aromatic rings. The van der Waals surface area contributed by atoms with Crippen molar-refractivity contribution < 1.29 is 4.79 Å². The zero-order chi connectivity index (χ0) is 13.4. The van der Waals surface area contributed by atoms with E-state index in [9.17, 15) is 4.79 Å². The van der Waals surface area contributed by atoms with E-state index in [4.69, 9.17) is 5.84 Å². The molecule has 100 valence electrons. The summed E-state index contributed by atoms with van der Waals surface area (Å²) in [5, 5.41) is 0. The smallest absolute Gasteiger partial charge is 0.233 e. The molecular weight excluding hydrogens is 244 g/mol. The molecule has 18 heavy (non-hydrogen) atoms. The molecule has 0 bridgehead atoms. The molecular formula is C14H22N2OS. The second-order valence-electron chi connectivity index (χ2n) is 4.57. The van der Waals surface area contributed by atoms with Gasteiger partial charge in [0.1, 0.15) is 0 Å². The standard InChI is InChI=1S/C14H22N2OS/c1-11-7-12(2)9-13(8-11)10-18-6-4-3-5-14(17)16-15/h7-9H,3-6,10,15H2,1-2H3,(H,16,17). The summed E-state index contributed by atoms with van der Waals surface area (Å²) in [5.41, 5.74) is 6.18. The molecule has 0 saturated heterocycles. The topological polar surface area (TPSA) is 55.1 Å². The Bertz CT molecular complexity index is 373. The molecule has 0 saturated carbocycles. The van der Waals surface area contributed by atoms with Crippen LogP contribution in [0.4, 0.5) is 0 Å². The summed E-state index contributed by atoms with van der Waals surface area (Å²) >= 11 is 1.92. The van der Waals surface area contributed by atoms with Crippen molar-refractivity contribution in [3.8, 4) is 0 Å². The molecule has 0 atom stereocenters. The molecule has 0 fully saturated rings. The number of carbonyl (C=O) groups is 1. The molecule has 0 radical (unpaired) electrons. The number of amides is 1. The van der Waals surface area contributed by atoms with Crippen molar-refractivity contribution in [3.05, 3.63) is 34.9 Å². The van der Waals surface area contributed by atoms with E-state index in [0.29, 0.717) is 6.42 Å². The Balaban J connectivity index is 2.16. The lowest BCUT2D eigenvalue weighted by Gasteiger charge is -2.05. The van der Waals surface area contributed by atoms with E-state index in [2.05, 4.69) is 37.5 Å². The number of rotatable bonds is 7. The van der Waals surface area contributed by atoms with Crippen LogP contribution in [0, 0.1) is 13.8 Å². The lowest BCUT2D eigenvalue weighted by molar-refractivity contribution is -0.121. The van der Waals surface area contributed by atoms with Crippen LogP contribution < -0.4 is 11.3 Å². The second-order valence-corrected chi connectivity index (χ2v) is 5.68. The average molecular weight is 266 g/mol. The number of hydrazine groups is 1. The Morgan fingerprint density at radius 2 is 1.89 bits per heavy atom.